The fourth-order valence-electron chi connectivity index (χ4n) is 3.31. The third kappa shape index (κ3) is 2.70. The molecule has 0 amide bonds. The molecule has 2 aliphatic rings. The van der Waals surface area contributed by atoms with Gasteiger partial charge in [-0.25, -0.2) is 0 Å². The van der Waals surface area contributed by atoms with Gasteiger partial charge in [0.15, 0.2) is 0 Å². The van der Waals surface area contributed by atoms with Crippen LogP contribution in [-0.4, -0.2) is 24.4 Å². The Morgan fingerprint density at radius 3 is 2.44 bits per heavy atom. The lowest BCUT2D eigenvalue weighted by Gasteiger charge is -2.44. The number of hydrogen-bond donors (Lipinski definition) is 1. The van der Waals surface area contributed by atoms with Crippen molar-refractivity contribution in [3.63, 3.8) is 0 Å². The normalized spacial score (nSPS) is 32.4. The van der Waals surface area contributed by atoms with Gasteiger partial charge in [0.25, 0.3) is 0 Å². The Balaban J connectivity index is 2.06. The first-order valence-electron chi connectivity index (χ1n) is 7.16. The summed E-state index contributed by atoms with van der Waals surface area (Å²) in [5.41, 5.74) is -0.204. The second-order valence-corrected chi connectivity index (χ2v) is 6.85. The van der Waals surface area contributed by atoms with E-state index in [0.29, 0.717) is 12.0 Å². The monoisotopic (exact) mass is 251 g/mol. The topological polar surface area (TPSA) is 53.2 Å². The molecule has 2 fully saturated rings. The summed E-state index contributed by atoms with van der Waals surface area (Å²) >= 11 is 0. The van der Waals surface area contributed by atoms with Crippen LogP contribution in [-0.2, 0) is 4.74 Å². The standard InChI is InChI=1S/C15H25NO2/c1-14(2)5-7-15(11-16,8-6-14)13(17)12-4-3-9-18-10-12/h12-13,17H,3-10H2,1-2H3. The summed E-state index contributed by atoms with van der Waals surface area (Å²) in [6.07, 6.45) is 5.21. The van der Waals surface area contributed by atoms with Crippen LogP contribution in [0, 0.1) is 28.1 Å². The van der Waals surface area contributed by atoms with Crippen LogP contribution in [0.3, 0.4) is 0 Å². The molecule has 1 saturated carbocycles. The van der Waals surface area contributed by atoms with Crippen LogP contribution in [0.4, 0.5) is 0 Å². The Bertz CT molecular complexity index is 316. The van der Waals surface area contributed by atoms with Crippen LogP contribution >= 0.6 is 0 Å². The maximum atomic E-state index is 10.6. The summed E-state index contributed by atoms with van der Waals surface area (Å²) in [4.78, 5) is 0. The summed E-state index contributed by atoms with van der Waals surface area (Å²) < 4.78 is 5.46. The van der Waals surface area contributed by atoms with Gasteiger partial charge in [-0.1, -0.05) is 13.8 Å². The number of aliphatic hydroxyl groups is 1. The van der Waals surface area contributed by atoms with E-state index >= 15 is 0 Å². The molecule has 2 unspecified atom stereocenters. The maximum Gasteiger partial charge on any atom is 0.0836 e. The minimum atomic E-state index is -0.527. The molecule has 1 aliphatic carbocycles. The van der Waals surface area contributed by atoms with Crippen molar-refractivity contribution in [3.8, 4) is 6.07 Å². The van der Waals surface area contributed by atoms with Crippen LogP contribution in [0.25, 0.3) is 0 Å². The van der Waals surface area contributed by atoms with Crippen molar-refractivity contribution < 1.29 is 9.84 Å². The smallest absolute Gasteiger partial charge is 0.0836 e. The highest BCUT2D eigenvalue weighted by molar-refractivity contribution is 5.08. The molecule has 0 aromatic heterocycles. The molecule has 2 atom stereocenters. The van der Waals surface area contributed by atoms with E-state index in [-0.39, 0.29) is 5.92 Å². The minimum Gasteiger partial charge on any atom is -0.391 e. The van der Waals surface area contributed by atoms with Gasteiger partial charge in [0, 0.05) is 12.5 Å². The van der Waals surface area contributed by atoms with Crippen molar-refractivity contribution in [3.05, 3.63) is 0 Å². The maximum absolute atomic E-state index is 10.6. The van der Waals surface area contributed by atoms with Gasteiger partial charge in [0.05, 0.1) is 24.2 Å². The highest BCUT2D eigenvalue weighted by Crippen LogP contribution is 2.48. The van der Waals surface area contributed by atoms with Crippen molar-refractivity contribution in [2.75, 3.05) is 13.2 Å². The molecule has 18 heavy (non-hydrogen) atoms. The average Bonchev–Trinajstić information content (AvgIpc) is 2.40. The molecule has 0 bridgehead atoms. The third-order valence-electron chi connectivity index (χ3n) is 4.93. The van der Waals surface area contributed by atoms with Crippen molar-refractivity contribution in [1.82, 2.24) is 0 Å². The number of aliphatic hydroxyl groups excluding tert-OH is 1. The lowest BCUT2D eigenvalue weighted by atomic mass is 9.61. The fourth-order valence-corrected chi connectivity index (χ4v) is 3.31. The molecule has 1 heterocycles. The molecule has 0 radical (unpaired) electrons. The fraction of sp³-hybridized carbons (Fsp3) is 0.933. The van der Waals surface area contributed by atoms with Gasteiger partial charge in [0.2, 0.25) is 0 Å². The summed E-state index contributed by atoms with van der Waals surface area (Å²) in [6.45, 7) is 5.93. The first kappa shape index (κ1) is 13.8. The average molecular weight is 251 g/mol. The molecule has 3 nitrogen and oxygen atoms in total. The molecular formula is C15H25NO2. The molecule has 102 valence electrons. The highest BCUT2D eigenvalue weighted by Gasteiger charge is 2.46. The second-order valence-electron chi connectivity index (χ2n) is 6.85. The number of nitriles is 1. The zero-order valence-corrected chi connectivity index (χ0v) is 11.6. The zero-order valence-electron chi connectivity index (χ0n) is 11.6. The molecule has 0 spiro atoms. The van der Waals surface area contributed by atoms with E-state index in [1.54, 1.807) is 0 Å². The van der Waals surface area contributed by atoms with Crippen molar-refractivity contribution in [2.24, 2.45) is 16.7 Å². The molecule has 2 rings (SSSR count). The van der Waals surface area contributed by atoms with Crippen molar-refractivity contribution in [1.29, 1.82) is 5.26 Å². The Morgan fingerprint density at radius 2 is 1.94 bits per heavy atom. The van der Waals surface area contributed by atoms with E-state index in [2.05, 4.69) is 19.9 Å². The summed E-state index contributed by atoms with van der Waals surface area (Å²) in [5, 5.41) is 20.2. The first-order valence-corrected chi connectivity index (χ1v) is 7.16. The molecule has 0 aromatic rings. The molecular weight excluding hydrogens is 226 g/mol. The third-order valence-corrected chi connectivity index (χ3v) is 4.93. The van der Waals surface area contributed by atoms with E-state index in [4.69, 9.17) is 4.74 Å². The molecule has 1 saturated heterocycles. The van der Waals surface area contributed by atoms with Gasteiger partial charge < -0.3 is 9.84 Å². The van der Waals surface area contributed by atoms with Gasteiger partial charge in [-0.05, 0) is 43.9 Å². The number of ether oxygens (including phenoxy) is 1. The Hall–Kier alpha value is -0.590. The predicted octanol–water partition coefficient (Wildman–Crippen LogP) is 2.88. The second kappa shape index (κ2) is 5.19. The van der Waals surface area contributed by atoms with Crippen molar-refractivity contribution in [2.45, 2.75) is 58.5 Å². The first-order chi connectivity index (χ1) is 8.49. The summed E-state index contributed by atoms with van der Waals surface area (Å²) in [5.74, 6) is 0.152. The Kier molecular flexibility index (Phi) is 3.99. The van der Waals surface area contributed by atoms with Gasteiger partial charge >= 0.3 is 0 Å². The van der Waals surface area contributed by atoms with E-state index < -0.39 is 11.5 Å². The molecule has 1 N–H and O–H groups in total. The highest BCUT2D eigenvalue weighted by atomic mass is 16.5. The number of rotatable bonds is 2. The lowest BCUT2D eigenvalue weighted by molar-refractivity contribution is -0.0712. The molecule has 0 aromatic carbocycles. The van der Waals surface area contributed by atoms with Crippen LogP contribution < -0.4 is 0 Å². The molecule has 3 heteroatoms. The predicted molar refractivity (Wildman–Crippen MR) is 69.8 cm³/mol. The number of nitrogens with zero attached hydrogens (tertiary/aromatic N) is 1. The van der Waals surface area contributed by atoms with Crippen LogP contribution in [0.2, 0.25) is 0 Å². The Morgan fingerprint density at radius 1 is 1.28 bits per heavy atom. The van der Waals surface area contributed by atoms with Gasteiger partial charge in [0.1, 0.15) is 0 Å². The summed E-state index contributed by atoms with van der Waals surface area (Å²) in [7, 11) is 0. The van der Waals surface area contributed by atoms with E-state index in [9.17, 15) is 10.4 Å². The largest absolute Gasteiger partial charge is 0.391 e. The van der Waals surface area contributed by atoms with E-state index in [1.165, 1.54) is 0 Å². The Labute approximate surface area is 110 Å². The lowest BCUT2D eigenvalue weighted by Crippen LogP contribution is -2.45. The van der Waals surface area contributed by atoms with Gasteiger partial charge in [-0.3, -0.25) is 0 Å². The minimum absolute atomic E-state index is 0.152. The number of hydrogen-bond acceptors (Lipinski definition) is 3. The van der Waals surface area contributed by atoms with E-state index in [0.717, 1.165) is 45.1 Å². The zero-order chi connectivity index (χ0) is 13.2. The summed E-state index contributed by atoms with van der Waals surface area (Å²) in [6, 6.07) is 2.45. The van der Waals surface area contributed by atoms with Crippen LogP contribution in [0.15, 0.2) is 0 Å². The van der Waals surface area contributed by atoms with Gasteiger partial charge in [-0.2, -0.15) is 5.26 Å². The quantitative estimate of drug-likeness (QED) is 0.821. The van der Waals surface area contributed by atoms with Gasteiger partial charge in [-0.15, -0.1) is 0 Å². The van der Waals surface area contributed by atoms with Crippen LogP contribution in [0.5, 0.6) is 0 Å². The van der Waals surface area contributed by atoms with E-state index in [1.807, 2.05) is 0 Å². The SMILES string of the molecule is CC1(C)CCC(C#N)(C(O)C2CCCOC2)CC1. The van der Waals surface area contributed by atoms with Crippen LogP contribution in [0.1, 0.15) is 52.4 Å². The van der Waals surface area contributed by atoms with Crippen molar-refractivity contribution >= 4 is 0 Å². The molecule has 1 aliphatic heterocycles.